The van der Waals surface area contributed by atoms with Gasteiger partial charge in [-0.15, -0.1) is 0 Å². The molecule has 0 heterocycles. The molecule has 192 valence electrons. The molecule has 0 aliphatic rings. The van der Waals surface area contributed by atoms with Crippen LogP contribution < -0.4 is 22.1 Å². The van der Waals surface area contributed by atoms with Gasteiger partial charge in [-0.3, -0.25) is 9.11 Å². The first-order valence-electron chi connectivity index (χ1n) is 10.8. The van der Waals surface area contributed by atoms with Gasteiger partial charge in [0.15, 0.2) is 11.9 Å². The van der Waals surface area contributed by atoms with Crippen molar-refractivity contribution in [3.8, 4) is 0 Å². The summed E-state index contributed by atoms with van der Waals surface area (Å²) in [6, 6.07) is 38.6. The maximum atomic E-state index is 8.74. The first kappa shape index (κ1) is 28.5. The van der Waals surface area contributed by atoms with Crippen LogP contribution in [0.15, 0.2) is 131 Å². The predicted octanol–water partition coefficient (Wildman–Crippen LogP) is 4.84. The maximum absolute atomic E-state index is 8.74. The molecular weight excluding hydrogens is 492 g/mol. The Morgan fingerprint density at radius 3 is 1.05 bits per heavy atom. The van der Waals surface area contributed by atoms with Crippen molar-refractivity contribution in [3.05, 3.63) is 121 Å². The van der Waals surface area contributed by atoms with E-state index >= 15 is 0 Å². The van der Waals surface area contributed by atoms with Crippen molar-refractivity contribution < 1.29 is 17.5 Å². The van der Waals surface area contributed by atoms with Crippen LogP contribution in [0.4, 0.5) is 22.7 Å². The Morgan fingerprint density at radius 1 is 0.541 bits per heavy atom. The van der Waals surface area contributed by atoms with Crippen LogP contribution in [0.5, 0.6) is 0 Å². The van der Waals surface area contributed by atoms with Gasteiger partial charge in [-0.25, -0.2) is 9.98 Å². The van der Waals surface area contributed by atoms with E-state index in [1.165, 1.54) is 0 Å². The fraction of sp³-hybridized carbons (Fsp3) is 0. The zero-order valence-corrected chi connectivity index (χ0v) is 20.5. The van der Waals surface area contributed by atoms with E-state index in [0.717, 1.165) is 22.7 Å². The highest BCUT2D eigenvalue weighted by molar-refractivity contribution is 7.79. The third-order valence-corrected chi connectivity index (χ3v) is 4.10. The van der Waals surface area contributed by atoms with Crippen molar-refractivity contribution in [1.82, 2.24) is 0 Å². The molecule has 37 heavy (non-hydrogen) atoms. The quantitative estimate of drug-likeness (QED) is 0.126. The van der Waals surface area contributed by atoms with Gasteiger partial charge in [-0.1, -0.05) is 72.8 Å². The van der Waals surface area contributed by atoms with E-state index in [2.05, 4.69) is 20.6 Å². The lowest BCUT2D eigenvalue weighted by atomic mass is 10.3. The van der Waals surface area contributed by atoms with Crippen molar-refractivity contribution >= 4 is 45.1 Å². The van der Waals surface area contributed by atoms with E-state index < -0.39 is 10.4 Å². The largest absolute Gasteiger partial charge is 0.394 e. The first-order valence-corrected chi connectivity index (χ1v) is 12.2. The fourth-order valence-electron chi connectivity index (χ4n) is 2.68. The summed E-state index contributed by atoms with van der Waals surface area (Å²) >= 11 is 0. The van der Waals surface area contributed by atoms with Crippen LogP contribution in [-0.4, -0.2) is 29.4 Å². The number of hydrogen-bond acceptors (Lipinski definition) is 4. The minimum atomic E-state index is -4.67. The van der Waals surface area contributed by atoms with Crippen LogP contribution in [0.1, 0.15) is 0 Å². The van der Waals surface area contributed by atoms with Gasteiger partial charge in [0, 0.05) is 11.4 Å². The Balaban J connectivity index is 0.000000221. The first-order chi connectivity index (χ1) is 17.7. The number of anilines is 2. The van der Waals surface area contributed by atoms with Gasteiger partial charge in [0.25, 0.3) is 0 Å². The summed E-state index contributed by atoms with van der Waals surface area (Å²) in [7, 11) is -4.67. The number of aliphatic imine (C=N–C) groups is 2. The second-order valence-electron chi connectivity index (χ2n) is 7.10. The fourth-order valence-corrected chi connectivity index (χ4v) is 2.68. The number of rotatable bonds is 4. The molecule has 0 bridgehead atoms. The number of nitrogens with two attached hydrogens (primary N) is 2. The number of nitrogens with one attached hydrogen (secondary N) is 2. The number of nitrogens with zero attached hydrogens (tertiary/aromatic N) is 2. The molecule has 0 amide bonds. The Hall–Kier alpha value is -4.71. The van der Waals surface area contributed by atoms with Crippen molar-refractivity contribution in [2.45, 2.75) is 0 Å². The highest BCUT2D eigenvalue weighted by atomic mass is 32.3. The minimum absolute atomic E-state index is 0.386. The normalized spacial score (nSPS) is 11.2. The third kappa shape index (κ3) is 14.3. The van der Waals surface area contributed by atoms with Gasteiger partial charge in [0.2, 0.25) is 0 Å². The molecule has 0 saturated heterocycles. The van der Waals surface area contributed by atoms with E-state index in [9.17, 15) is 0 Å². The monoisotopic (exact) mass is 520 g/mol. The summed E-state index contributed by atoms with van der Waals surface area (Å²) in [6.07, 6.45) is 0. The van der Waals surface area contributed by atoms with E-state index in [1.807, 2.05) is 121 Å². The molecule has 0 saturated carbocycles. The van der Waals surface area contributed by atoms with Crippen LogP contribution in [0.2, 0.25) is 0 Å². The van der Waals surface area contributed by atoms with Crippen molar-refractivity contribution in [3.63, 3.8) is 0 Å². The van der Waals surface area contributed by atoms with Crippen LogP contribution in [0.25, 0.3) is 0 Å². The molecule has 0 aromatic heterocycles. The Kier molecular flexibility index (Phi) is 11.8. The van der Waals surface area contributed by atoms with Gasteiger partial charge < -0.3 is 22.1 Å². The smallest absolute Gasteiger partial charge is 0.369 e. The molecule has 4 aromatic carbocycles. The molecule has 4 aromatic rings. The summed E-state index contributed by atoms with van der Waals surface area (Å²) in [4.78, 5) is 8.48. The third-order valence-electron chi connectivity index (χ3n) is 4.10. The molecule has 8 N–H and O–H groups in total. The van der Waals surface area contributed by atoms with Gasteiger partial charge in [0.05, 0.1) is 11.4 Å². The van der Waals surface area contributed by atoms with Gasteiger partial charge in [-0.2, -0.15) is 8.42 Å². The van der Waals surface area contributed by atoms with E-state index in [1.54, 1.807) is 0 Å². The average Bonchev–Trinajstić information content (AvgIpc) is 2.86. The lowest BCUT2D eigenvalue weighted by Gasteiger charge is -2.04. The Morgan fingerprint density at radius 2 is 0.784 bits per heavy atom. The van der Waals surface area contributed by atoms with Gasteiger partial charge >= 0.3 is 10.4 Å². The lowest BCUT2D eigenvalue weighted by Crippen LogP contribution is -2.21. The molecule has 0 atom stereocenters. The molecule has 0 unspecified atom stereocenters. The molecule has 0 aliphatic heterocycles. The number of benzene rings is 4. The second kappa shape index (κ2) is 15.3. The zero-order valence-electron chi connectivity index (χ0n) is 19.7. The summed E-state index contributed by atoms with van der Waals surface area (Å²) in [6.45, 7) is 0. The van der Waals surface area contributed by atoms with Gasteiger partial charge in [0.1, 0.15) is 0 Å². The number of para-hydroxylation sites is 4. The van der Waals surface area contributed by atoms with Crippen LogP contribution >= 0.6 is 0 Å². The van der Waals surface area contributed by atoms with Crippen LogP contribution in [-0.2, 0) is 10.4 Å². The Labute approximate surface area is 216 Å². The van der Waals surface area contributed by atoms with E-state index in [0.29, 0.717) is 11.9 Å². The number of guanidine groups is 2. The molecular formula is C26H28N6O4S. The van der Waals surface area contributed by atoms with E-state index in [4.69, 9.17) is 29.0 Å². The molecule has 11 heteroatoms. The molecule has 0 spiro atoms. The summed E-state index contributed by atoms with van der Waals surface area (Å²) in [5.74, 6) is 0.773. The topological polar surface area (TPSA) is 175 Å². The average molecular weight is 521 g/mol. The zero-order chi connectivity index (χ0) is 26.9. The molecule has 4 rings (SSSR count). The van der Waals surface area contributed by atoms with Gasteiger partial charge in [-0.05, 0) is 48.5 Å². The van der Waals surface area contributed by atoms with Crippen molar-refractivity contribution in [2.24, 2.45) is 21.5 Å². The molecule has 0 aliphatic carbocycles. The predicted molar refractivity (Wildman–Crippen MR) is 150 cm³/mol. The SMILES string of the molecule is NC(=Nc1ccccc1)Nc1ccccc1.NC(=Nc1ccccc1)Nc1ccccc1.O=S(=O)(O)O. The highest BCUT2D eigenvalue weighted by Crippen LogP contribution is 2.11. The molecule has 0 fully saturated rings. The summed E-state index contributed by atoms with van der Waals surface area (Å²) in [5.41, 5.74) is 15.1. The molecule has 10 nitrogen and oxygen atoms in total. The van der Waals surface area contributed by atoms with Crippen molar-refractivity contribution in [2.75, 3.05) is 10.6 Å². The maximum Gasteiger partial charge on any atom is 0.394 e. The summed E-state index contributed by atoms with van der Waals surface area (Å²) in [5, 5.41) is 6.04. The summed E-state index contributed by atoms with van der Waals surface area (Å²) < 4.78 is 31.6. The van der Waals surface area contributed by atoms with Crippen molar-refractivity contribution in [1.29, 1.82) is 0 Å². The minimum Gasteiger partial charge on any atom is -0.369 e. The Bertz CT molecular complexity index is 1250. The number of hydrogen-bond donors (Lipinski definition) is 6. The van der Waals surface area contributed by atoms with Crippen LogP contribution in [0.3, 0.4) is 0 Å². The highest BCUT2D eigenvalue weighted by Gasteiger charge is 1.95. The lowest BCUT2D eigenvalue weighted by molar-refractivity contribution is 0.381. The second-order valence-corrected chi connectivity index (χ2v) is 7.99. The van der Waals surface area contributed by atoms with Crippen LogP contribution in [0, 0.1) is 0 Å². The standard InChI is InChI=1S/2C13H13N3.H2O4S/c2*14-13(15-11-7-3-1-4-8-11)16-12-9-5-2-6-10-12;1-5(2,3)4/h2*1-10H,(H3,14,15,16);(H2,1,2,3,4). The molecule has 0 radical (unpaired) electrons. The van der Waals surface area contributed by atoms with E-state index in [-0.39, 0.29) is 0 Å².